The molecule has 76 valence electrons. The standard InChI is InChI=1S/C7H12N2.F2OS/c1-3-6-5-8-7(4-2)9-6;1-4(2)3/h5H,3-4H2,1-2H3,(H,8,9);. The normalized spacial score (nSPS) is 9.62. The molecule has 0 aromatic carbocycles. The van der Waals surface area contributed by atoms with E-state index in [1.54, 1.807) is 0 Å². The Balaban J connectivity index is 0.000000310. The van der Waals surface area contributed by atoms with Crippen molar-refractivity contribution in [1.29, 1.82) is 0 Å². The Labute approximate surface area is 78.6 Å². The molecule has 0 aliphatic rings. The van der Waals surface area contributed by atoms with E-state index in [1.165, 1.54) is 5.69 Å². The zero-order valence-electron chi connectivity index (χ0n) is 7.51. The van der Waals surface area contributed by atoms with Crippen LogP contribution in [0.5, 0.6) is 0 Å². The van der Waals surface area contributed by atoms with Gasteiger partial charge in [-0.1, -0.05) is 21.6 Å². The lowest BCUT2D eigenvalue weighted by molar-refractivity contribution is 0.602. The van der Waals surface area contributed by atoms with Crippen LogP contribution in [0.25, 0.3) is 0 Å². The molecule has 0 aliphatic heterocycles. The van der Waals surface area contributed by atoms with Crippen LogP contribution in [0, 0.1) is 0 Å². The average Bonchev–Trinajstić information content (AvgIpc) is 2.50. The van der Waals surface area contributed by atoms with Crippen molar-refractivity contribution in [3.05, 3.63) is 17.7 Å². The summed E-state index contributed by atoms with van der Waals surface area (Å²) in [5.74, 6) is 1.09. The lowest BCUT2D eigenvalue weighted by Gasteiger charge is -1.85. The molecule has 0 fully saturated rings. The minimum atomic E-state index is -3.61. The van der Waals surface area contributed by atoms with Crippen LogP contribution in [0.2, 0.25) is 0 Å². The first-order valence-corrected chi connectivity index (χ1v) is 4.82. The molecular formula is C7H12F2N2OS. The summed E-state index contributed by atoms with van der Waals surface area (Å²) in [6, 6.07) is 0. The Morgan fingerprint density at radius 3 is 2.23 bits per heavy atom. The molecule has 0 amide bonds. The maximum absolute atomic E-state index is 9.81. The van der Waals surface area contributed by atoms with Gasteiger partial charge in [0.25, 0.3) is 0 Å². The third-order valence-electron chi connectivity index (χ3n) is 1.40. The third kappa shape index (κ3) is 6.39. The molecule has 1 aromatic rings. The fourth-order valence-corrected chi connectivity index (χ4v) is 0.765. The van der Waals surface area contributed by atoms with Gasteiger partial charge in [0.05, 0.1) is 0 Å². The molecule has 1 aromatic heterocycles. The van der Waals surface area contributed by atoms with Crippen molar-refractivity contribution in [2.75, 3.05) is 0 Å². The molecule has 0 unspecified atom stereocenters. The van der Waals surface area contributed by atoms with Gasteiger partial charge in [-0.05, 0) is 6.42 Å². The van der Waals surface area contributed by atoms with Crippen molar-refractivity contribution in [3.63, 3.8) is 0 Å². The van der Waals surface area contributed by atoms with Crippen LogP contribution in [-0.2, 0) is 24.4 Å². The van der Waals surface area contributed by atoms with E-state index in [2.05, 4.69) is 23.8 Å². The smallest absolute Gasteiger partial charge is 0.346 e. The van der Waals surface area contributed by atoms with Crippen LogP contribution in [0.3, 0.4) is 0 Å². The molecule has 1 rings (SSSR count). The Morgan fingerprint density at radius 1 is 1.46 bits per heavy atom. The van der Waals surface area contributed by atoms with Gasteiger partial charge in [0.15, 0.2) is 0 Å². The summed E-state index contributed by atoms with van der Waals surface area (Å²) in [4.78, 5) is 7.35. The maximum Gasteiger partial charge on any atom is 0.385 e. The van der Waals surface area contributed by atoms with Gasteiger partial charge in [0, 0.05) is 18.3 Å². The summed E-state index contributed by atoms with van der Waals surface area (Å²) in [6.45, 7) is 4.21. The van der Waals surface area contributed by atoms with E-state index in [0.29, 0.717) is 0 Å². The van der Waals surface area contributed by atoms with Crippen molar-refractivity contribution in [1.82, 2.24) is 9.97 Å². The highest BCUT2D eigenvalue weighted by Crippen LogP contribution is 1.96. The van der Waals surface area contributed by atoms with Crippen molar-refractivity contribution < 1.29 is 12.0 Å². The number of aryl methyl sites for hydroxylation is 2. The SMILES string of the molecule is CCc1cnc(CC)[nH]1.O=S(F)F. The highest BCUT2D eigenvalue weighted by Gasteiger charge is 1.93. The first-order valence-electron chi connectivity index (χ1n) is 3.87. The maximum atomic E-state index is 9.81. The van der Waals surface area contributed by atoms with Crippen LogP contribution in [0.4, 0.5) is 7.77 Å². The van der Waals surface area contributed by atoms with Crippen molar-refractivity contribution in [2.45, 2.75) is 26.7 Å². The summed E-state index contributed by atoms with van der Waals surface area (Å²) in [5, 5.41) is 0. The van der Waals surface area contributed by atoms with E-state index in [4.69, 9.17) is 4.21 Å². The number of nitrogens with one attached hydrogen (secondary N) is 1. The second-order valence-corrected chi connectivity index (χ2v) is 2.62. The molecule has 0 radical (unpaired) electrons. The number of imidazole rings is 1. The molecule has 1 N–H and O–H groups in total. The van der Waals surface area contributed by atoms with Crippen molar-refractivity contribution >= 4 is 11.6 Å². The third-order valence-corrected chi connectivity index (χ3v) is 1.40. The summed E-state index contributed by atoms with van der Waals surface area (Å²) < 4.78 is 27.8. The van der Waals surface area contributed by atoms with Gasteiger partial charge in [-0.3, -0.25) is 0 Å². The number of hydrogen-bond donors (Lipinski definition) is 1. The monoisotopic (exact) mass is 210 g/mol. The number of rotatable bonds is 2. The van der Waals surface area contributed by atoms with Gasteiger partial charge in [0.2, 0.25) is 0 Å². The molecule has 0 saturated carbocycles. The Morgan fingerprint density at radius 2 is 2.00 bits per heavy atom. The van der Waals surface area contributed by atoms with Crippen LogP contribution < -0.4 is 0 Å². The molecule has 3 nitrogen and oxygen atoms in total. The lowest BCUT2D eigenvalue weighted by atomic mass is 10.4. The van der Waals surface area contributed by atoms with Crippen LogP contribution in [-0.4, -0.2) is 14.2 Å². The minimum absolute atomic E-state index is 1.00. The number of halogens is 2. The topological polar surface area (TPSA) is 45.8 Å². The number of H-pyrrole nitrogens is 1. The summed E-state index contributed by atoms with van der Waals surface area (Å²) in [6.07, 6.45) is 3.95. The molecule has 1 heterocycles. The molecule has 0 saturated heterocycles. The van der Waals surface area contributed by atoms with Crippen LogP contribution >= 0.6 is 0 Å². The second-order valence-electron chi connectivity index (χ2n) is 2.25. The van der Waals surface area contributed by atoms with Gasteiger partial charge in [-0.15, -0.1) is 0 Å². The van der Waals surface area contributed by atoms with E-state index in [-0.39, 0.29) is 0 Å². The summed E-state index contributed by atoms with van der Waals surface area (Å²) >= 11 is -3.61. The molecular weight excluding hydrogens is 198 g/mol. The number of nitrogens with zero attached hydrogens (tertiary/aromatic N) is 1. The van der Waals surface area contributed by atoms with Gasteiger partial charge in [0.1, 0.15) is 5.82 Å². The van der Waals surface area contributed by atoms with Crippen molar-refractivity contribution in [3.8, 4) is 0 Å². The Kier molecular flexibility index (Phi) is 6.30. The zero-order chi connectivity index (χ0) is 10.3. The molecule has 13 heavy (non-hydrogen) atoms. The summed E-state index contributed by atoms with van der Waals surface area (Å²) in [7, 11) is 0. The van der Waals surface area contributed by atoms with E-state index in [0.717, 1.165) is 18.7 Å². The molecule has 0 bridgehead atoms. The Bertz CT molecular complexity index is 242. The van der Waals surface area contributed by atoms with Crippen LogP contribution in [0.15, 0.2) is 6.20 Å². The zero-order valence-corrected chi connectivity index (χ0v) is 8.33. The molecule has 0 aliphatic carbocycles. The van der Waals surface area contributed by atoms with Gasteiger partial charge >= 0.3 is 11.6 Å². The largest absolute Gasteiger partial charge is 0.385 e. The van der Waals surface area contributed by atoms with E-state index >= 15 is 0 Å². The van der Waals surface area contributed by atoms with Gasteiger partial charge < -0.3 is 4.98 Å². The lowest BCUT2D eigenvalue weighted by Crippen LogP contribution is -1.82. The summed E-state index contributed by atoms with van der Waals surface area (Å²) in [5.41, 5.74) is 1.23. The van der Waals surface area contributed by atoms with Gasteiger partial charge in [-0.25, -0.2) is 4.98 Å². The number of hydrogen-bond acceptors (Lipinski definition) is 2. The average molecular weight is 210 g/mol. The minimum Gasteiger partial charge on any atom is -0.346 e. The first-order chi connectivity index (χ1) is 6.10. The van der Waals surface area contributed by atoms with Crippen molar-refractivity contribution in [2.24, 2.45) is 0 Å². The predicted octanol–water partition coefficient (Wildman–Crippen LogP) is 2.04. The number of aromatic nitrogens is 2. The quantitative estimate of drug-likeness (QED) is 0.759. The van der Waals surface area contributed by atoms with Gasteiger partial charge in [-0.2, -0.15) is 4.21 Å². The fourth-order valence-electron chi connectivity index (χ4n) is 0.765. The molecule has 0 atom stereocenters. The second kappa shape index (κ2) is 6.71. The van der Waals surface area contributed by atoms with Crippen LogP contribution in [0.1, 0.15) is 25.4 Å². The van der Waals surface area contributed by atoms with E-state index < -0.39 is 11.6 Å². The molecule has 6 heteroatoms. The van der Waals surface area contributed by atoms with E-state index in [9.17, 15) is 7.77 Å². The van der Waals surface area contributed by atoms with E-state index in [1.807, 2.05) is 6.20 Å². The Hall–Kier alpha value is -0.780. The highest BCUT2D eigenvalue weighted by atomic mass is 32.2. The molecule has 0 spiro atoms. The number of aromatic amines is 1. The predicted molar refractivity (Wildman–Crippen MR) is 47.7 cm³/mol. The highest BCUT2D eigenvalue weighted by molar-refractivity contribution is 7.74. The first kappa shape index (κ1) is 12.2. The fraction of sp³-hybridized carbons (Fsp3) is 0.571.